The average molecular weight is 263 g/mol. The summed E-state index contributed by atoms with van der Waals surface area (Å²) < 4.78 is 25.9. The molecule has 2 N–H and O–H groups in total. The maximum Gasteiger partial charge on any atom is 0.243 e. The van der Waals surface area contributed by atoms with Crippen LogP contribution in [0.15, 0.2) is 23.2 Å². The Balaban J connectivity index is 2.16. The molecule has 1 fully saturated rings. The van der Waals surface area contributed by atoms with Gasteiger partial charge in [0.15, 0.2) is 0 Å². The number of pyridine rings is 1. The van der Waals surface area contributed by atoms with Crippen molar-refractivity contribution in [2.75, 3.05) is 6.54 Å². The normalized spacial score (nSPS) is 18.4. The highest BCUT2D eigenvalue weighted by Crippen LogP contribution is 2.34. The van der Waals surface area contributed by atoms with Crippen LogP contribution in [0.25, 0.3) is 0 Å². The fraction of sp³-hybridized carbons (Fsp3) is 0.444. The maximum atomic E-state index is 11.8. The third-order valence-corrected chi connectivity index (χ3v) is 4.28. The molecule has 0 saturated heterocycles. The van der Waals surface area contributed by atoms with Gasteiger partial charge in [0.2, 0.25) is 10.0 Å². The maximum absolute atomic E-state index is 11.8. The molecule has 1 aromatic heterocycles. The number of halogens is 1. The highest BCUT2D eigenvalue weighted by molar-refractivity contribution is 7.89. The number of hydrogen-bond acceptors (Lipinski definition) is 4. The van der Waals surface area contributed by atoms with E-state index in [1.807, 2.05) is 0 Å². The minimum absolute atomic E-state index is 0.0144. The van der Waals surface area contributed by atoms with E-state index in [2.05, 4.69) is 9.71 Å². The van der Waals surface area contributed by atoms with Crippen LogP contribution in [0.2, 0.25) is 5.15 Å². The van der Waals surface area contributed by atoms with E-state index in [9.17, 15) is 13.5 Å². The Kier molecular flexibility index (Phi) is 2.91. The predicted octanol–water partition coefficient (Wildman–Crippen LogP) is 0.538. The Labute approximate surface area is 98.5 Å². The molecule has 88 valence electrons. The second-order valence-corrected chi connectivity index (χ2v) is 5.93. The summed E-state index contributed by atoms with van der Waals surface area (Å²) in [5, 5.41) is 9.46. The fourth-order valence-electron chi connectivity index (χ4n) is 1.20. The second-order valence-electron chi connectivity index (χ2n) is 3.84. The van der Waals surface area contributed by atoms with Crippen molar-refractivity contribution in [1.29, 1.82) is 0 Å². The Morgan fingerprint density at radius 3 is 2.81 bits per heavy atom. The van der Waals surface area contributed by atoms with Crippen molar-refractivity contribution < 1.29 is 13.5 Å². The summed E-state index contributed by atoms with van der Waals surface area (Å²) in [5.41, 5.74) is -0.873. The first-order chi connectivity index (χ1) is 7.43. The van der Waals surface area contributed by atoms with Crippen LogP contribution in [0, 0.1) is 0 Å². The Bertz CT molecular complexity index is 499. The van der Waals surface area contributed by atoms with Crippen molar-refractivity contribution in [2.24, 2.45) is 0 Å². The number of rotatable bonds is 4. The molecule has 0 amide bonds. The summed E-state index contributed by atoms with van der Waals surface area (Å²) in [6, 6.07) is 2.86. The summed E-state index contributed by atoms with van der Waals surface area (Å²) in [6.07, 6.45) is 2.66. The lowest BCUT2D eigenvalue weighted by Crippen LogP contribution is -2.33. The molecule has 16 heavy (non-hydrogen) atoms. The zero-order chi connectivity index (χ0) is 11.8. The number of hydrogen-bond donors (Lipinski definition) is 2. The summed E-state index contributed by atoms with van der Waals surface area (Å²) in [4.78, 5) is 3.62. The smallest absolute Gasteiger partial charge is 0.243 e. The van der Waals surface area contributed by atoms with Crippen molar-refractivity contribution >= 4 is 21.6 Å². The van der Waals surface area contributed by atoms with E-state index in [-0.39, 0.29) is 16.6 Å². The molecule has 1 saturated carbocycles. The van der Waals surface area contributed by atoms with Crippen LogP contribution in [-0.2, 0) is 10.0 Å². The van der Waals surface area contributed by atoms with Crippen LogP contribution >= 0.6 is 11.6 Å². The van der Waals surface area contributed by atoms with Gasteiger partial charge in [-0.1, -0.05) is 11.6 Å². The topological polar surface area (TPSA) is 79.3 Å². The van der Waals surface area contributed by atoms with Gasteiger partial charge in [0.1, 0.15) is 10.0 Å². The van der Waals surface area contributed by atoms with Gasteiger partial charge >= 0.3 is 0 Å². The zero-order valence-electron chi connectivity index (χ0n) is 8.35. The standard InChI is InChI=1S/C9H11ClN2O3S/c10-8-7(2-1-5-11-8)16(14,15)12-6-9(13)3-4-9/h1-2,5,12-13H,3-4,6H2. The van der Waals surface area contributed by atoms with Gasteiger partial charge < -0.3 is 5.11 Å². The van der Waals surface area contributed by atoms with E-state index in [0.717, 1.165) is 0 Å². The molecule has 0 bridgehead atoms. The van der Waals surface area contributed by atoms with E-state index in [1.165, 1.54) is 18.3 Å². The lowest BCUT2D eigenvalue weighted by molar-refractivity contribution is 0.155. The first-order valence-electron chi connectivity index (χ1n) is 4.76. The summed E-state index contributed by atoms with van der Waals surface area (Å²) >= 11 is 5.68. The average Bonchev–Trinajstić information content (AvgIpc) is 2.95. The van der Waals surface area contributed by atoms with Gasteiger partial charge in [0.05, 0.1) is 5.60 Å². The lowest BCUT2D eigenvalue weighted by atomic mass is 10.4. The molecule has 1 aliphatic carbocycles. The van der Waals surface area contributed by atoms with Crippen molar-refractivity contribution in [2.45, 2.75) is 23.3 Å². The molecule has 0 aliphatic heterocycles. The van der Waals surface area contributed by atoms with Gasteiger partial charge in [0.25, 0.3) is 0 Å². The molecule has 1 aromatic rings. The van der Waals surface area contributed by atoms with Gasteiger partial charge in [-0.05, 0) is 25.0 Å². The van der Waals surface area contributed by atoms with E-state index < -0.39 is 15.6 Å². The van der Waals surface area contributed by atoms with Crippen LogP contribution in [0.1, 0.15) is 12.8 Å². The van der Waals surface area contributed by atoms with Crippen molar-refractivity contribution in [3.63, 3.8) is 0 Å². The summed E-state index contributed by atoms with van der Waals surface area (Å²) in [5.74, 6) is 0. The minimum atomic E-state index is -3.69. The van der Waals surface area contributed by atoms with Gasteiger partial charge in [-0.25, -0.2) is 18.1 Å². The van der Waals surface area contributed by atoms with E-state index in [4.69, 9.17) is 11.6 Å². The van der Waals surface area contributed by atoms with E-state index >= 15 is 0 Å². The van der Waals surface area contributed by atoms with Gasteiger partial charge in [-0.2, -0.15) is 0 Å². The Morgan fingerprint density at radius 1 is 1.56 bits per heavy atom. The van der Waals surface area contributed by atoms with Crippen molar-refractivity contribution in [3.05, 3.63) is 23.5 Å². The molecule has 1 aliphatic rings. The van der Waals surface area contributed by atoms with Crippen molar-refractivity contribution in [1.82, 2.24) is 9.71 Å². The lowest BCUT2D eigenvalue weighted by Gasteiger charge is -2.10. The Hall–Kier alpha value is -0.690. The summed E-state index contributed by atoms with van der Waals surface area (Å²) in [7, 11) is -3.69. The molecule has 0 spiro atoms. The second kappa shape index (κ2) is 3.96. The fourth-order valence-corrected chi connectivity index (χ4v) is 2.77. The van der Waals surface area contributed by atoms with Crippen molar-refractivity contribution in [3.8, 4) is 0 Å². The van der Waals surface area contributed by atoms with Gasteiger partial charge in [0, 0.05) is 12.7 Å². The highest BCUT2D eigenvalue weighted by atomic mass is 35.5. The molecule has 0 aromatic carbocycles. The zero-order valence-corrected chi connectivity index (χ0v) is 9.92. The first kappa shape index (κ1) is 11.8. The monoisotopic (exact) mass is 262 g/mol. The van der Waals surface area contributed by atoms with E-state index in [1.54, 1.807) is 0 Å². The third kappa shape index (κ3) is 2.52. The van der Waals surface area contributed by atoms with Crippen LogP contribution in [0.5, 0.6) is 0 Å². The summed E-state index contributed by atoms with van der Waals surface area (Å²) in [6.45, 7) is 0.0144. The third-order valence-electron chi connectivity index (χ3n) is 2.43. The van der Waals surface area contributed by atoms with Crippen LogP contribution in [0.4, 0.5) is 0 Å². The Morgan fingerprint density at radius 2 is 2.25 bits per heavy atom. The molecule has 7 heteroatoms. The molecular weight excluding hydrogens is 252 g/mol. The number of sulfonamides is 1. The molecular formula is C9H11ClN2O3S. The quantitative estimate of drug-likeness (QED) is 0.776. The first-order valence-corrected chi connectivity index (χ1v) is 6.62. The number of nitrogens with zero attached hydrogens (tertiary/aromatic N) is 1. The number of aromatic nitrogens is 1. The predicted molar refractivity (Wildman–Crippen MR) is 58.6 cm³/mol. The molecule has 5 nitrogen and oxygen atoms in total. The molecule has 0 atom stereocenters. The largest absolute Gasteiger partial charge is 0.389 e. The van der Waals surface area contributed by atoms with Crippen LogP contribution < -0.4 is 4.72 Å². The van der Waals surface area contributed by atoms with Gasteiger partial charge in [-0.3, -0.25) is 0 Å². The molecule has 0 unspecified atom stereocenters. The number of aliphatic hydroxyl groups is 1. The highest BCUT2D eigenvalue weighted by Gasteiger charge is 2.41. The van der Waals surface area contributed by atoms with Crippen LogP contribution in [-0.4, -0.2) is 30.7 Å². The molecule has 0 radical (unpaired) electrons. The van der Waals surface area contributed by atoms with Gasteiger partial charge in [-0.15, -0.1) is 0 Å². The number of nitrogens with one attached hydrogen (secondary N) is 1. The SMILES string of the molecule is O=S(=O)(NCC1(O)CC1)c1cccnc1Cl. The van der Waals surface area contributed by atoms with E-state index in [0.29, 0.717) is 12.8 Å². The molecule has 1 heterocycles. The molecule has 2 rings (SSSR count). The van der Waals surface area contributed by atoms with Crippen LogP contribution in [0.3, 0.4) is 0 Å². The minimum Gasteiger partial charge on any atom is -0.389 e.